The van der Waals surface area contributed by atoms with Gasteiger partial charge in [0.1, 0.15) is 5.82 Å². The van der Waals surface area contributed by atoms with Crippen LogP contribution in [0.2, 0.25) is 0 Å². The molecule has 23 heavy (non-hydrogen) atoms. The summed E-state index contributed by atoms with van der Waals surface area (Å²) in [6.07, 6.45) is -0.802. The van der Waals surface area contributed by atoms with Gasteiger partial charge in [0.25, 0.3) is 5.91 Å². The van der Waals surface area contributed by atoms with Gasteiger partial charge in [-0.25, -0.2) is 9.18 Å². The monoisotopic (exact) mass is 425 g/mol. The summed E-state index contributed by atoms with van der Waals surface area (Å²) in [5.41, 5.74) is 2.37. The van der Waals surface area contributed by atoms with Crippen LogP contribution in [0.3, 0.4) is 0 Å². The van der Waals surface area contributed by atoms with Crippen molar-refractivity contribution in [2.75, 3.05) is 5.32 Å². The lowest BCUT2D eigenvalue weighted by atomic mass is 9.98. The van der Waals surface area contributed by atoms with Crippen molar-refractivity contribution in [3.63, 3.8) is 0 Å². The number of cyclic esters (lactones) is 1. The van der Waals surface area contributed by atoms with E-state index in [1.807, 2.05) is 19.1 Å². The summed E-state index contributed by atoms with van der Waals surface area (Å²) in [6.45, 7) is 1.88. The van der Waals surface area contributed by atoms with E-state index in [9.17, 15) is 14.0 Å². The average Bonchev–Trinajstić information content (AvgIpc) is 2.49. The highest BCUT2D eigenvalue weighted by atomic mass is 127. The first-order valence-corrected chi connectivity index (χ1v) is 8.08. The van der Waals surface area contributed by atoms with Gasteiger partial charge < -0.3 is 10.1 Å². The second-order valence-corrected chi connectivity index (χ2v) is 6.59. The van der Waals surface area contributed by atoms with Gasteiger partial charge >= 0.3 is 5.97 Å². The molecule has 1 heterocycles. The van der Waals surface area contributed by atoms with Crippen molar-refractivity contribution < 1.29 is 18.7 Å². The van der Waals surface area contributed by atoms with Crippen molar-refractivity contribution in [2.24, 2.45) is 0 Å². The molecule has 1 unspecified atom stereocenters. The van der Waals surface area contributed by atoms with Crippen LogP contribution in [-0.4, -0.2) is 18.0 Å². The SMILES string of the molecule is Cc1cc(I)ccc1NC(=O)C1Cc2cc(F)ccc2C(=O)O1. The van der Waals surface area contributed by atoms with E-state index in [1.54, 1.807) is 6.07 Å². The Morgan fingerprint density at radius 3 is 2.83 bits per heavy atom. The number of halogens is 2. The lowest BCUT2D eigenvalue weighted by molar-refractivity contribution is -0.125. The molecule has 1 aliphatic rings. The quantitative estimate of drug-likeness (QED) is 0.593. The van der Waals surface area contributed by atoms with E-state index < -0.39 is 23.8 Å². The summed E-state index contributed by atoms with van der Waals surface area (Å²) >= 11 is 2.19. The zero-order valence-corrected chi connectivity index (χ0v) is 14.4. The zero-order valence-electron chi connectivity index (χ0n) is 12.2. The maximum absolute atomic E-state index is 13.3. The van der Waals surface area contributed by atoms with Crippen molar-refractivity contribution in [1.29, 1.82) is 0 Å². The minimum Gasteiger partial charge on any atom is -0.448 e. The first-order valence-electron chi connectivity index (χ1n) is 7.00. The van der Waals surface area contributed by atoms with Gasteiger partial charge in [-0.15, -0.1) is 0 Å². The average molecular weight is 425 g/mol. The van der Waals surface area contributed by atoms with Gasteiger partial charge in [-0.3, -0.25) is 4.79 Å². The Morgan fingerprint density at radius 1 is 1.30 bits per heavy atom. The van der Waals surface area contributed by atoms with Crippen LogP contribution in [0.5, 0.6) is 0 Å². The van der Waals surface area contributed by atoms with Crippen LogP contribution < -0.4 is 5.32 Å². The van der Waals surface area contributed by atoms with E-state index in [-0.39, 0.29) is 6.42 Å². The molecule has 0 aliphatic carbocycles. The second-order valence-electron chi connectivity index (χ2n) is 5.35. The summed E-state index contributed by atoms with van der Waals surface area (Å²) in [6, 6.07) is 9.47. The first-order chi connectivity index (χ1) is 10.9. The molecule has 1 atom stereocenters. The van der Waals surface area contributed by atoms with Crippen molar-refractivity contribution in [1.82, 2.24) is 0 Å². The molecule has 0 saturated carbocycles. The minimum atomic E-state index is -0.963. The molecule has 1 N–H and O–H groups in total. The third-order valence-corrected chi connectivity index (χ3v) is 4.35. The molecule has 2 aromatic rings. The Balaban J connectivity index is 1.80. The molecule has 0 fully saturated rings. The molecule has 0 spiro atoms. The molecule has 4 nitrogen and oxygen atoms in total. The zero-order chi connectivity index (χ0) is 16.6. The molecule has 118 valence electrons. The van der Waals surface area contributed by atoms with Gasteiger partial charge in [-0.2, -0.15) is 0 Å². The fraction of sp³-hybridized carbons (Fsp3) is 0.176. The van der Waals surface area contributed by atoms with Gasteiger partial charge in [0.2, 0.25) is 0 Å². The number of esters is 1. The molecule has 1 aliphatic heterocycles. The number of hydrogen-bond donors (Lipinski definition) is 1. The number of aryl methyl sites for hydroxylation is 1. The highest BCUT2D eigenvalue weighted by molar-refractivity contribution is 14.1. The number of carbonyl (C=O) groups excluding carboxylic acids is 2. The normalized spacial score (nSPS) is 16.5. The number of ether oxygens (including phenoxy) is 1. The Labute approximate surface area is 146 Å². The number of amides is 1. The molecule has 6 heteroatoms. The lowest BCUT2D eigenvalue weighted by Gasteiger charge is -2.24. The molecular weight excluding hydrogens is 412 g/mol. The molecule has 0 aromatic heterocycles. The van der Waals surface area contributed by atoms with Crippen molar-refractivity contribution in [2.45, 2.75) is 19.4 Å². The standard InChI is InChI=1S/C17H13FINO3/c1-9-6-12(19)3-5-14(9)20-16(21)15-8-10-7-11(18)2-4-13(10)17(22)23-15/h2-7,15H,8H2,1H3,(H,20,21). The minimum absolute atomic E-state index is 0.161. The van der Waals surface area contributed by atoms with Gasteiger partial charge in [-0.05, 0) is 77.0 Å². The molecular formula is C17H13FINO3. The van der Waals surface area contributed by atoms with E-state index in [0.717, 1.165) is 9.13 Å². The van der Waals surface area contributed by atoms with Crippen LogP contribution >= 0.6 is 22.6 Å². The molecule has 1 amide bonds. The number of nitrogens with one attached hydrogen (secondary N) is 1. The number of fused-ring (bicyclic) bond motifs is 1. The maximum atomic E-state index is 13.3. The molecule has 3 rings (SSSR count). The van der Waals surface area contributed by atoms with Crippen molar-refractivity contribution >= 4 is 40.2 Å². The van der Waals surface area contributed by atoms with Gasteiger partial charge in [0.05, 0.1) is 5.56 Å². The predicted octanol–water partition coefficient (Wildman–Crippen LogP) is 3.46. The third kappa shape index (κ3) is 3.36. The van der Waals surface area contributed by atoms with E-state index in [1.165, 1.54) is 18.2 Å². The fourth-order valence-corrected chi connectivity index (χ4v) is 3.14. The highest BCUT2D eigenvalue weighted by Gasteiger charge is 2.31. The summed E-state index contributed by atoms with van der Waals surface area (Å²) in [7, 11) is 0. The van der Waals surface area contributed by atoms with Crippen molar-refractivity contribution in [3.05, 3.63) is 62.5 Å². The van der Waals surface area contributed by atoms with E-state index >= 15 is 0 Å². The number of carbonyl (C=O) groups is 2. The topological polar surface area (TPSA) is 55.4 Å². The van der Waals surface area contributed by atoms with Gasteiger partial charge in [-0.1, -0.05) is 0 Å². The van der Waals surface area contributed by atoms with E-state index in [0.29, 0.717) is 16.8 Å². The molecule has 0 saturated heterocycles. The number of benzene rings is 2. The Morgan fingerprint density at radius 2 is 2.09 bits per heavy atom. The Hall–Kier alpha value is -1.96. The maximum Gasteiger partial charge on any atom is 0.339 e. The van der Waals surface area contributed by atoms with Crippen molar-refractivity contribution in [3.8, 4) is 0 Å². The molecule has 2 aromatic carbocycles. The highest BCUT2D eigenvalue weighted by Crippen LogP contribution is 2.24. The molecule has 0 radical (unpaired) electrons. The number of rotatable bonds is 2. The van der Waals surface area contributed by atoms with Crippen LogP contribution in [0.4, 0.5) is 10.1 Å². The van der Waals surface area contributed by atoms with Crippen LogP contribution in [0, 0.1) is 16.3 Å². The second kappa shape index (κ2) is 6.27. The largest absolute Gasteiger partial charge is 0.448 e. The van der Waals surface area contributed by atoms with Gasteiger partial charge in [0.15, 0.2) is 6.10 Å². The lowest BCUT2D eigenvalue weighted by Crippen LogP contribution is -2.38. The van der Waals surface area contributed by atoms with Crippen LogP contribution in [0.15, 0.2) is 36.4 Å². The van der Waals surface area contributed by atoms with Crippen LogP contribution in [0.25, 0.3) is 0 Å². The van der Waals surface area contributed by atoms with Crippen LogP contribution in [0.1, 0.15) is 21.5 Å². The van der Waals surface area contributed by atoms with Gasteiger partial charge in [0, 0.05) is 15.7 Å². The van der Waals surface area contributed by atoms with Crippen LogP contribution in [-0.2, 0) is 16.0 Å². The number of anilines is 1. The Kier molecular flexibility index (Phi) is 4.34. The summed E-state index contributed by atoms with van der Waals surface area (Å²) < 4.78 is 19.6. The fourth-order valence-electron chi connectivity index (χ4n) is 2.49. The first kappa shape index (κ1) is 15.9. The Bertz CT molecular complexity index is 806. The third-order valence-electron chi connectivity index (χ3n) is 3.68. The predicted molar refractivity (Wildman–Crippen MR) is 91.8 cm³/mol. The van der Waals surface area contributed by atoms with E-state index in [4.69, 9.17) is 4.74 Å². The molecule has 0 bridgehead atoms. The summed E-state index contributed by atoms with van der Waals surface area (Å²) in [5, 5.41) is 2.76. The summed E-state index contributed by atoms with van der Waals surface area (Å²) in [5.74, 6) is -1.46. The van der Waals surface area contributed by atoms with E-state index in [2.05, 4.69) is 27.9 Å². The summed E-state index contributed by atoms with van der Waals surface area (Å²) in [4.78, 5) is 24.3. The number of hydrogen-bond acceptors (Lipinski definition) is 3. The smallest absolute Gasteiger partial charge is 0.339 e.